The van der Waals surface area contributed by atoms with Crippen LogP contribution in [-0.2, 0) is 15.4 Å². The predicted octanol–water partition coefficient (Wildman–Crippen LogP) is 3.43. The van der Waals surface area contributed by atoms with Crippen LogP contribution in [0.3, 0.4) is 0 Å². The molecule has 27 heavy (non-hydrogen) atoms. The van der Waals surface area contributed by atoms with Crippen LogP contribution in [0.25, 0.3) is 0 Å². The molecule has 0 amide bonds. The van der Waals surface area contributed by atoms with Crippen molar-refractivity contribution in [2.75, 3.05) is 0 Å². The summed E-state index contributed by atoms with van der Waals surface area (Å²) in [5.74, 6) is -0.0922. The quantitative estimate of drug-likeness (QED) is 0.312. The first-order valence-electron chi connectivity index (χ1n) is 8.03. The molecule has 0 aliphatic heterocycles. The minimum absolute atomic E-state index is 0.0462. The van der Waals surface area contributed by atoms with E-state index in [0.717, 1.165) is 0 Å². The molecule has 3 aromatic rings. The van der Waals surface area contributed by atoms with Crippen molar-refractivity contribution in [2.45, 2.75) is 4.90 Å². The zero-order valence-electron chi connectivity index (χ0n) is 14.6. The summed E-state index contributed by atoms with van der Waals surface area (Å²) in [6, 6.07) is 24.4. The van der Waals surface area contributed by atoms with Crippen molar-refractivity contribution in [3.63, 3.8) is 0 Å². The van der Waals surface area contributed by atoms with E-state index in [0.29, 0.717) is 49.5 Å². The van der Waals surface area contributed by atoms with Crippen LogP contribution in [0.1, 0.15) is 26.3 Å². The topological polar surface area (TPSA) is 80.7 Å². The SMILES string of the molecule is O=S(OO)c1ccccc1.O=[C]([Na])c1ccccc1C(=O)c1ccccc1. The molecule has 0 saturated heterocycles. The molecule has 0 aliphatic rings. The second-order valence-corrected chi connectivity index (χ2v) is 7.42. The average molecular weight is 390 g/mol. The maximum absolute atomic E-state index is 12.2. The van der Waals surface area contributed by atoms with Crippen LogP contribution < -0.4 is 0 Å². The summed E-state index contributed by atoms with van der Waals surface area (Å²) in [7, 11) is 0. The molecule has 0 fully saturated rings. The zero-order valence-corrected chi connectivity index (χ0v) is 17.4. The molecule has 132 valence electrons. The van der Waals surface area contributed by atoms with Gasteiger partial charge < -0.3 is 0 Å². The Kier molecular flexibility index (Phi) is 8.74. The second kappa shape index (κ2) is 11.0. The normalized spacial score (nSPS) is 11.1. The fourth-order valence-corrected chi connectivity index (χ4v) is 3.21. The van der Waals surface area contributed by atoms with E-state index in [1.165, 1.54) is 0 Å². The molecule has 0 bridgehead atoms. The van der Waals surface area contributed by atoms with Gasteiger partial charge in [0.2, 0.25) is 11.1 Å². The van der Waals surface area contributed by atoms with Crippen LogP contribution in [-0.4, -0.2) is 46.2 Å². The number of hydrogen-bond acceptors (Lipinski definition) is 5. The monoisotopic (exact) mass is 390 g/mol. The Morgan fingerprint density at radius 2 is 1.26 bits per heavy atom. The minimum atomic E-state index is -1.73. The van der Waals surface area contributed by atoms with Gasteiger partial charge in [0, 0.05) is 0 Å². The Labute approximate surface area is 177 Å². The van der Waals surface area contributed by atoms with Gasteiger partial charge in [0.05, 0.1) is 4.90 Å². The molecule has 1 N–H and O–H groups in total. The summed E-state index contributed by atoms with van der Waals surface area (Å²) in [6.07, 6.45) is 0. The van der Waals surface area contributed by atoms with Crippen LogP contribution in [0.4, 0.5) is 0 Å². The van der Waals surface area contributed by atoms with Crippen LogP contribution >= 0.6 is 0 Å². The third kappa shape index (κ3) is 6.32. The van der Waals surface area contributed by atoms with Gasteiger partial charge in [0.25, 0.3) is 0 Å². The molecule has 0 heterocycles. The molecular formula is C20H15NaO5S. The molecule has 3 aromatic carbocycles. The molecule has 0 aromatic heterocycles. The molecule has 0 aliphatic carbocycles. The molecule has 3 rings (SSSR count). The summed E-state index contributed by atoms with van der Waals surface area (Å²) in [5.41, 5.74) is 1.65. The number of carbonyl (C=O) groups is 2. The zero-order chi connectivity index (χ0) is 19.6. The van der Waals surface area contributed by atoms with Gasteiger partial charge in [-0.05, 0) is 12.1 Å². The molecule has 1 unspecified atom stereocenters. The van der Waals surface area contributed by atoms with Crippen LogP contribution in [0.15, 0.2) is 89.8 Å². The molecule has 0 radical (unpaired) electrons. The summed E-state index contributed by atoms with van der Waals surface area (Å²) >= 11 is -1.31. The number of rotatable bonds is 5. The van der Waals surface area contributed by atoms with E-state index in [-0.39, 0.29) is 8.82 Å². The first-order valence-corrected chi connectivity index (χ1v) is 10.1. The van der Waals surface area contributed by atoms with E-state index in [4.69, 9.17) is 5.26 Å². The van der Waals surface area contributed by atoms with Gasteiger partial charge in [-0.15, -0.1) is 4.33 Å². The Morgan fingerprint density at radius 3 is 1.78 bits per heavy atom. The van der Waals surface area contributed by atoms with Crippen molar-refractivity contribution in [1.82, 2.24) is 0 Å². The standard InChI is InChI=1S/C14H9O2.C6H6O3S.Na/c15-10-12-8-4-5-9-13(12)14(16)11-6-2-1-3-7-11;7-9-10(8)6-4-2-1-3-5-6;/h1-9H;1-5,7H;. The summed E-state index contributed by atoms with van der Waals surface area (Å²) in [4.78, 5) is 24.2. The number of benzene rings is 3. The van der Waals surface area contributed by atoms with Crippen LogP contribution in [0.5, 0.6) is 0 Å². The molecule has 1 atom stereocenters. The van der Waals surface area contributed by atoms with Crippen molar-refractivity contribution in [1.29, 1.82) is 0 Å². The van der Waals surface area contributed by atoms with Gasteiger partial charge in [-0.3, -0.25) is 0 Å². The first-order chi connectivity index (χ1) is 13.0. The molecular weight excluding hydrogens is 375 g/mol. The van der Waals surface area contributed by atoms with E-state index >= 15 is 0 Å². The van der Waals surface area contributed by atoms with Crippen molar-refractivity contribution in [3.05, 3.63) is 102 Å². The predicted molar refractivity (Wildman–Crippen MR) is 103 cm³/mol. The van der Waals surface area contributed by atoms with Crippen LogP contribution in [0.2, 0.25) is 0 Å². The Balaban J connectivity index is 0.000000223. The van der Waals surface area contributed by atoms with Gasteiger partial charge in [0.15, 0.2) is 0 Å². The van der Waals surface area contributed by atoms with Gasteiger partial charge in [0.1, 0.15) is 0 Å². The van der Waals surface area contributed by atoms with E-state index in [9.17, 15) is 13.8 Å². The van der Waals surface area contributed by atoms with Crippen molar-refractivity contribution >= 4 is 47.8 Å². The van der Waals surface area contributed by atoms with E-state index in [1.54, 1.807) is 66.7 Å². The number of hydrogen-bond donors (Lipinski definition) is 1. The van der Waals surface area contributed by atoms with Gasteiger partial charge >= 0.3 is 118 Å². The molecule has 5 nitrogen and oxygen atoms in total. The maximum atomic E-state index is 12.2. The van der Waals surface area contributed by atoms with Gasteiger partial charge in [-0.1, -0.05) is 18.2 Å². The van der Waals surface area contributed by atoms with E-state index in [2.05, 4.69) is 4.33 Å². The third-order valence-electron chi connectivity index (χ3n) is 3.59. The van der Waals surface area contributed by atoms with Gasteiger partial charge in [-0.2, -0.15) is 0 Å². The Bertz CT molecular complexity index is 929. The fraction of sp³-hybridized carbons (Fsp3) is 0. The van der Waals surface area contributed by atoms with Gasteiger partial charge in [-0.25, -0.2) is 9.47 Å². The second-order valence-electron chi connectivity index (χ2n) is 5.42. The Morgan fingerprint density at radius 1 is 0.778 bits per heavy atom. The third-order valence-corrected chi connectivity index (χ3v) is 4.92. The Hall–Kier alpha value is -1.93. The summed E-state index contributed by atoms with van der Waals surface area (Å²) < 4.78 is 14.3. The van der Waals surface area contributed by atoms with Crippen molar-refractivity contribution < 1.29 is 23.4 Å². The average Bonchev–Trinajstić information content (AvgIpc) is 2.74. The molecule has 0 spiro atoms. The molecule has 7 heteroatoms. The number of carbonyl (C=O) groups excluding carboxylic acids is 2. The van der Waals surface area contributed by atoms with Crippen molar-refractivity contribution in [3.8, 4) is 0 Å². The van der Waals surface area contributed by atoms with Crippen LogP contribution in [0, 0.1) is 0 Å². The van der Waals surface area contributed by atoms with Crippen molar-refractivity contribution in [2.24, 2.45) is 0 Å². The number of ketones is 1. The molecule has 0 saturated carbocycles. The van der Waals surface area contributed by atoms with E-state index < -0.39 is 11.1 Å². The summed E-state index contributed by atoms with van der Waals surface area (Å²) in [6.45, 7) is 0. The van der Waals surface area contributed by atoms with E-state index in [1.807, 2.05) is 18.2 Å². The summed E-state index contributed by atoms with van der Waals surface area (Å²) in [5, 5.41) is 7.99. The fourth-order valence-electron chi connectivity index (χ4n) is 2.31. The first kappa shape index (κ1) is 21.4.